The summed E-state index contributed by atoms with van der Waals surface area (Å²) < 4.78 is 5.27. The summed E-state index contributed by atoms with van der Waals surface area (Å²) >= 11 is 0. The van der Waals surface area contributed by atoms with E-state index in [2.05, 4.69) is 4.98 Å². The van der Waals surface area contributed by atoms with Gasteiger partial charge in [0.05, 0.1) is 0 Å². The molecule has 4 heteroatoms. The van der Waals surface area contributed by atoms with Crippen molar-refractivity contribution >= 4 is 11.8 Å². The van der Waals surface area contributed by atoms with E-state index in [1.165, 1.54) is 0 Å². The molecular formula is C12H18N2O2. The number of unbranched alkanes of at least 4 members (excludes halogenated alkanes) is 1. The predicted molar refractivity (Wildman–Crippen MR) is 63.7 cm³/mol. The fourth-order valence-corrected chi connectivity index (χ4v) is 1.29. The minimum atomic E-state index is -0.196. The van der Waals surface area contributed by atoms with E-state index in [1.807, 2.05) is 25.9 Å². The van der Waals surface area contributed by atoms with E-state index in [0.29, 0.717) is 18.0 Å². The monoisotopic (exact) mass is 222 g/mol. The first kappa shape index (κ1) is 12.5. The molecule has 88 valence electrons. The van der Waals surface area contributed by atoms with Crippen LogP contribution in [0.25, 0.3) is 0 Å². The molecule has 4 nitrogen and oxygen atoms in total. The molecule has 0 spiro atoms. The lowest BCUT2D eigenvalue weighted by molar-refractivity contribution is -0.134. The van der Waals surface area contributed by atoms with Crippen LogP contribution in [-0.4, -0.2) is 25.0 Å². The molecule has 16 heavy (non-hydrogen) atoms. The second kappa shape index (κ2) is 6.10. The van der Waals surface area contributed by atoms with Crippen LogP contribution in [0.4, 0.5) is 5.82 Å². The van der Waals surface area contributed by atoms with Crippen LogP contribution in [0, 0.1) is 0 Å². The molecule has 1 aromatic heterocycles. The molecule has 0 saturated heterocycles. The number of nitrogens with zero attached hydrogens (tertiary/aromatic N) is 2. The van der Waals surface area contributed by atoms with Crippen LogP contribution >= 0.6 is 0 Å². The summed E-state index contributed by atoms with van der Waals surface area (Å²) in [5.74, 6) is 0.999. The van der Waals surface area contributed by atoms with Crippen molar-refractivity contribution in [3.63, 3.8) is 0 Å². The van der Waals surface area contributed by atoms with Crippen molar-refractivity contribution < 1.29 is 9.53 Å². The maximum Gasteiger partial charge on any atom is 0.311 e. The maximum absolute atomic E-state index is 11.5. The zero-order valence-corrected chi connectivity index (χ0v) is 10.1. The Balaban J connectivity index is 2.69. The summed E-state index contributed by atoms with van der Waals surface area (Å²) in [6, 6.07) is 3.52. The second-order valence-corrected chi connectivity index (χ2v) is 3.80. The smallest absolute Gasteiger partial charge is 0.311 e. The van der Waals surface area contributed by atoms with Crippen LogP contribution in [0.1, 0.15) is 26.2 Å². The number of carbonyl (C=O) groups is 1. The van der Waals surface area contributed by atoms with Gasteiger partial charge < -0.3 is 9.64 Å². The van der Waals surface area contributed by atoms with Crippen LogP contribution in [-0.2, 0) is 4.79 Å². The van der Waals surface area contributed by atoms with Gasteiger partial charge in [-0.05, 0) is 18.6 Å². The Morgan fingerprint density at radius 2 is 2.25 bits per heavy atom. The van der Waals surface area contributed by atoms with Crippen LogP contribution in [0.2, 0.25) is 0 Å². The zero-order valence-electron chi connectivity index (χ0n) is 10.1. The molecule has 0 bridgehead atoms. The van der Waals surface area contributed by atoms with Crippen LogP contribution in [0.15, 0.2) is 18.3 Å². The lowest BCUT2D eigenvalue weighted by atomic mass is 10.2. The lowest BCUT2D eigenvalue weighted by Crippen LogP contribution is -2.15. The van der Waals surface area contributed by atoms with E-state index < -0.39 is 0 Å². The highest BCUT2D eigenvalue weighted by Crippen LogP contribution is 2.23. The van der Waals surface area contributed by atoms with Gasteiger partial charge in [-0.15, -0.1) is 0 Å². The third-order valence-electron chi connectivity index (χ3n) is 2.13. The molecular weight excluding hydrogens is 204 g/mol. The standard InChI is InChI=1S/C12H18N2O2/c1-4-5-8-11(15)16-10-7-6-9-13-12(10)14(2)3/h6-7,9H,4-5,8H2,1-3H3. The van der Waals surface area contributed by atoms with Gasteiger partial charge in [-0.2, -0.15) is 0 Å². The van der Waals surface area contributed by atoms with Crippen molar-refractivity contribution in [2.75, 3.05) is 19.0 Å². The number of ether oxygens (including phenoxy) is 1. The summed E-state index contributed by atoms with van der Waals surface area (Å²) in [6.45, 7) is 2.04. The number of aromatic nitrogens is 1. The first-order valence-corrected chi connectivity index (χ1v) is 5.48. The van der Waals surface area contributed by atoms with Gasteiger partial charge in [0.25, 0.3) is 0 Å². The summed E-state index contributed by atoms with van der Waals surface area (Å²) in [6.07, 6.45) is 3.98. The summed E-state index contributed by atoms with van der Waals surface area (Å²) in [4.78, 5) is 17.5. The van der Waals surface area contributed by atoms with Gasteiger partial charge in [-0.25, -0.2) is 4.98 Å². The third kappa shape index (κ3) is 3.53. The van der Waals surface area contributed by atoms with E-state index in [0.717, 1.165) is 12.8 Å². The fraction of sp³-hybridized carbons (Fsp3) is 0.500. The largest absolute Gasteiger partial charge is 0.423 e. The minimum Gasteiger partial charge on any atom is -0.423 e. The van der Waals surface area contributed by atoms with E-state index >= 15 is 0 Å². The first-order chi connectivity index (χ1) is 7.65. The molecule has 1 aromatic rings. The number of hydrogen-bond donors (Lipinski definition) is 0. The fourth-order valence-electron chi connectivity index (χ4n) is 1.29. The van der Waals surface area contributed by atoms with Gasteiger partial charge in [0.15, 0.2) is 11.6 Å². The first-order valence-electron chi connectivity index (χ1n) is 5.48. The Morgan fingerprint density at radius 3 is 2.88 bits per heavy atom. The second-order valence-electron chi connectivity index (χ2n) is 3.80. The Hall–Kier alpha value is -1.58. The molecule has 0 radical (unpaired) electrons. The lowest BCUT2D eigenvalue weighted by Gasteiger charge is -2.15. The van der Waals surface area contributed by atoms with Gasteiger partial charge in [0, 0.05) is 26.7 Å². The van der Waals surface area contributed by atoms with Gasteiger partial charge >= 0.3 is 5.97 Å². The highest BCUT2D eigenvalue weighted by molar-refractivity contribution is 5.74. The van der Waals surface area contributed by atoms with E-state index in [1.54, 1.807) is 18.3 Å². The highest BCUT2D eigenvalue weighted by Gasteiger charge is 2.10. The number of rotatable bonds is 5. The Morgan fingerprint density at radius 1 is 1.50 bits per heavy atom. The topological polar surface area (TPSA) is 42.4 Å². The average Bonchev–Trinajstić information content (AvgIpc) is 2.27. The predicted octanol–water partition coefficient (Wildman–Crippen LogP) is 2.24. The molecule has 0 N–H and O–H groups in total. The van der Waals surface area contributed by atoms with E-state index in [-0.39, 0.29) is 5.97 Å². The van der Waals surface area contributed by atoms with E-state index in [9.17, 15) is 4.79 Å². The maximum atomic E-state index is 11.5. The number of pyridine rings is 1. The van der Waals surface area contributed by atoms with Crippen LogP contribution < -0.4 is 9.64 Å². The normalized spacial score (nSPS) is 9.94. The quantitative estimate of drug-likeness (QED) is 0.716. The molecule has 0 aliphatic carbocycles. The molecule has 1 rings (SSSR count). The van der Waals surface area contributed by atoms with E-state index in [4.69, 9.17) is 4.74 Å². The summed E-state index contributed by atoms with van der Waals surface area (Å²) in [5, 5.41) is 0. The molecule has 1 heterocycles. The van der Waals surface area contributed by atoms with Crippen LogP contribution in [0.3, 0.4) is 0 Å². The molecule has 0 saturated carbocycles. The number of anilines is 1. The van der Waals surface area contributed by atoms with Gasteiger partial charge in [-0.3, -0.25) is 4.79 Å². The molecule has 0 aromatic carbocycles. The van der Waals surface area contributed by atoms with Crippen molar-refractivity contribution in [1.29, 1.82) is 0 Å². The SMILES string of the molecule is CCCCC(=O)Oc1cccnc1N(C)C. The molecule has 0 atom stereocenters. The van der Waals surface area contributed by atoms with Crippen LogP contribution in [0.5, 0.6) is 5.75 Å². The molecule has 0 aliphatic heterocycles. The van der Waals surface area contributed by atoms with Crippen molar-refractivity contribution in [3.05, 3.63) is 18.3 Å². The van der Waals surface area contributed by atoms with Gasteiger partial charge in [0.1, 0.15) is 0 Å². The number of esters is 1. The molecule has 0 fully saturated rings. The van der Waals surface area contributed by atoms with Gasteiger partial charge in [-0.1, -0.05) is 13.3 Å². The number of hydrogen-bond acceptors (Lipinski definition) is 4. The minimum absolute atomic E-state index is 0.196. The number of carbonyl (C=O) groups excluding carboxylic acids is 1. The van der Waals surface area contributed by atoms with Crippen molar-refractivity contribution in [3.8, 4) is 5.75 Å². The summed E-state index contributed by atoms with van der Waals surface area (Å²) in [7, 11) is 3.73. The Bertz CT molecular complexity index is 351. The molecule has 0 unspecified atom stereocenters. The highest BCUT2D eigenvalue weighted by atomic mass is 16.5. The summed E-state index contributed by atoms with van der Waals surface area (Å²) in [5.41, 5.74) is 0. The zero-order chi connectivity index (χ0) is 12.0. The average molecular weight is 222 g/mol. The molecule has 0 aliphatic rings. The van der Waals surface area contributed by atoms with Crippen molar-refractivity contribution in [2.45, 2.75) is 26.2 Å². The Labute approximate surface area is 96.2 Å². The molecule has 0 amide bonds. The van der Waals surface area contributed by atoms with Crippen molar-refractivity contribution in [2.24, 2.45) is 0 Å². The van der Waals surface area contributed by atoms with Crippen molar-refractivity contribution in [1.82, 2.24) is 4.98 Å². The Kier molecular flexibility index (Phi) is 4.76. The third-order valence-corrected chi connectivity index (χ3v) is 2.13. The van der Waals surface area contributed by atoms with Gasteiger partial charge in [0.2, 0.25) is 0 Å².